The summed E-state index contributed by atoms with van der Waals surface area (Å²) >= 11 is 1.56. The molecule has 2 atom stereocenters. The summed E-state index contributed by atoms with van der Waals surface area (Å²) in [5.74, 6) is 1.77. The van der Waals surface area contributed by atoms with E-state index in [4.69, 9.17) is 4.37 Å². The Kier molecular flexibility index (Phi) is 8.33. The van der Waals surface area contributed by atoms with Gasteiger partial charge in [0.05, 0.1) is 10.3 Å². The third-order valence-electron chi connectivity index (χ3n) is 7.77. The number of aromatic nitrogens is 1. The van der Waals surface area contributed by atoms with E-state index in [2.05, 4.69) is 39.4 Å². The lowest BCUT2D eigenvalue weighted by Gasteiger charge is -2.40. The zero-order valence-electron chi connectivity index (χ0n) is 21.3. The van der Waals surface area contributed by atoms with Crippen molar-refractivity contribution in [3.8, 4) is 0 Å². The first-order valence-electron chi connectivity index (χ1n) is 13.3. The standard InChI is InChI=1S/C29H33F3N4OS/c30-29(31,32)24-9-5-6-21(18-24)12-13-27(37)33-19-22-7-1-2-8-23(22)20-35-14-16-36(17-15-35)28-25-10-3-4-11-26(25)38-34-28/h3-6,9-13,18,22-23H,1-2,7-8,14-17,19-20H2,(H,33,37)/t22-,23-/m1/s1. The quantitative estimate of drug-likeness (QED) is 0.368. The van der Waals surface area contributed by atoms with Crippen LogP contribution in [0.15, 0.2) is 54.6 Å². The van der Waals surface area contributed by atoms with Crippen LogP contribution in [0.1, 0.15) is 36.8 Å². The Morgan fingerprint density at radius 3 is 2.58 bits per heavy atom. The highest BCUT2D eigenvalue weighted by atomic mass is 32.1. The van der Waals surface area contributed by atoms with Gasteiger partial charge < -0.3 is 10.2 Å². The smallest absolute Gasteiger partial charge is 0.353 e. The number of nitrogens with one attached hydrogen (secondary N) is 1. The molecule has 5 nitrogen and oxygen atoms in total. The molecule has 2 aliphatic rings. The molecule has 5 rings (SSSR count). The molecule has 2 heterocycles. The second-order valence-electron chi connectivity index (χ2n) is 10.3. The number of amides is 1. The van der Waals surface area contributed by atoms with Crippen LogP contribution in [0.5, 0.6) is 0 Å². The Balaban J connectivity index is 1.11. The molecule has 1 amide bonds. The lowest BCUT2D eigenvalue weighted by atomic mass is 9.78. The van der Waals surface area contributed by atoms with Crippen LogP contribution in [0.3, 0.4) is 0 Å². The Morgan fingerprint density at radius 1 is 1.03 bits per heavy atom. The van der Waals surface area contributed by atoms with Crippen LogP contribution in [0.25, 0.3) is 16.2 Å². The van der Waals surface area contributed by atoms with Crippen molar-refractivity contribution in [1.82, 2.24) is 14.6 Å². The fraction of sp³-hybridized carbons (Fsp3) is 0.448. The average molecular weight is 543 g/mol. The van der Waals surface area contributed by atoms with Gasteiger partial charge in [-0.2, -0.15) is 17.5 Å². The summed E-state index contributed by atoms with van der Waals surface area (Å²) in [4.78, 5) is 17.4. The third-order valence-corrected chi connectivity index (χ3v) is 8.59. The van der Waals surface area contributed by atoms with Crippen LogP contribution >= 0.6 is 11.5 Å². The van der Waals surface area contributed by atoms with Gasteiger partial charge in [0.2, 0.25) is 5.91 Å². The van der Waals surface area contributed by atoms with Crippen LogP contribution in [-0.2, 0) is 11.0 Å². The fourth-order valence-corrected chi connectivity index (χ4v) is 6.45. The van der Waals surface area contributed by atoms with E-state index in [0.717, 1.165) is 63.5 Å². The summed E-state index contributed by atoms with van der Waals surface area (Å²) in [6.45, 7) is 5.56. The summed E-state index contributed by atoms with van der Waals surface area (Å²) in [6, 6.07) is 13.4. The molecule has 0 spiro atoms. The lowest BCUT2D eigenvalue weighted by molar-refractivity contribution is -0.137. The van der Waals surface area contributed by atoms with Gasteiger partial charge in [-0.1, -0.05) is 37.1 Å². The van der Waals surface area contributed by atoms with Gasteiger partial charge in [0.25, 0.3) is 0 Å². The minimum absolute atomic E-state index is 0.268. The van der Waals surface area contributed by atoms with Crippen molar-refractivity contribution in [3.05, 3.63) is 65.7 Å². The van der Waals surface area contributed by atoms with E-state index in [0.29, 0.717) is 23.9 Å². The topological polar surface area (TPSA) is 48.5 Å². The number of anilines is 1. The first-order chi connectivity index (χ1) is 18.4. The molecule has 1 aliphatic carbocycles. The number of piperazine rings is 1. The summed E-state index contributed by atoms with van der Waals surface area (Å²) in [5, 5.41) is 4.23. The molecule has 0 unspecified atom stereocenters. The van der Waals surface area contributed by atoms with Gasteiger partial charge in [0, 0.05) is 50.7 Å². The minimum Gasteiger partial charge on any atom is -0.353 e. The first-order valence-corrected chi connectivity index (χ1v) is 14.1. The van der Waals surface area contributed by atoms with Crippen LogP contribution in [0, 0.1) is 11.8 Å². The van der Waals surface area contributed by atoms with Crippen molar-refractivity contribution in [2.45, 2.75) is 31.9 Å². The Hall–Kier alpha value is -2.91. The zero-order chi connectivity index (χ0) is 26.5. The summed E-state index contributed by atoms with van der Waals surface area (Å²) in [7, 11) is 0. The van der Waals surface area contributed by atoms with Crippen molar-refractivity contribution in [1.29, 1.82) is 0 Å². The van der Waals surface area contributed by atoms with Crippen LogP contribution in [0.2, 0.25) is 0 Å². The van der Waals surface area contributed by atoms with Gasteiger partial charge in [-0.05, 0) is 72.1 Å². The molecule has 202 valence electrons. The second kappa shape index (κ2) is 11.9. The maximum Gasteiger partial charge on any atom is 0.416 e. The van der Waals surface area contributed by atoms with E-state index in [1.807, 2.05) is 0 Å². The lowest BCUT2D eigenvalue weighted by Crippen LogP contribution is -2.49. The van der Waals surface area contributed by atoms with Gasteiger partial charge in [0.1, 0.15) is 5.82 Å². The summed E-state index contributed by atoms with van der Waals surface area (Å²) in [5.41, 5.74) is -0.360. The molecule has 1 saturated carbocycles. The molecule has 1 aliphatic heterocycles. The molecule has 1 N–H and O–H groups in total. The molecule has 1 saturated heterocycles. The molecule has 2 aromatic carbocycles. The molecule has 1 aromatic heterocycles. The molecule has 3 aromatic rings. The monoisotopic (exact) mass is 542 g/mol. The van der Waals surface area contributed by atoms with Crippen LogP contribution in [-0.4, -0.2) is 54.4 Å². The summed E-state index contributed by atoms with van der Waals surface area (Å²) in [6.07, 6.45) is 3.01. The van der Waals surface area contributed by atoms with Gasteiger partial charge in [0.15, 0.2) is 0 Å². The minimum atomic E-state index is -4.40. The van der Waals surface area contributed by atoms with Crippen LogP contribution < -0.4 is 10.2 Å². The van der Waals surface area contributed by atoms with E-state index in [-0.39, 0.29) is 5.91 Å². The number of halogens is 3. The van der Waals surface area contributed by atoms with E-state index >= 15 is 0 Å². The molecular weight excluding hydrogens is 509 g/mol. The van der Waals surface area contributed by atoms with Gasteiger partial charge in [-0.15, -0.1) is 0 Å². The Morgan fingerprint density at radius 2 is 1.79 bits per heavy atom. The first kappa shape index (κ1) is 26.7. The Bertz CT molecular complexity index is 1270. The van der Waals surface area contributed by atoms with E-state index in [9.17, 15) is 18.0 Å². The number of carbonyl (C=O) groups excluding carboxylic acids is 1. The number of rotatable bonds is 7. The van der Waals surface area contributed by atoms with Crippen molar-refractivity contribution in [2.75, 3.05) is 44.2 Å². The van der Waals surface area contributed by atoms with Gasteiger partial charge >= 0.3 is 6.18 Å². The Labute approximate surface area is 225 Å². The average Bonchev–Trinajstić information content (AvgIpc) is 3.36. The molecular formula is C29H33F3N4OS. The van der Waals surface area contributed by atoms with Crippen molar-refractivity contribution in [2.24, 2.45) is 11.8 Å². The second-order valence-corrected chi connectivity index (χ2v) is 11.1. The van der Waals surface area contributed by atoms with E-state index in [1.54, 1.807) is 17.6 Å². The number of hydrogen-bond acceptors (Lipinski definition) is 5. The number of hydrogen-bond donors (Lipinski definition) is 1. The highest BCUT2D eigenvalue weighted by Crippen LogP contribution is 2.33. The zero-order valence-corrected chi connectivity index (χ0v) is 22.1. The number of carbonyl (C=O) groups is 1. The molecule has 0 radical (unpaired) electrons. The normalized spacial score (nSPS) is 21.3. The van der Waals surface area contributed by atoms with Gasteiger partial charge in [-0.3, -0.25) is 9.69 Å². The SMILES string of the molecule is O=C(C=Cc1cccc(C(F)(F)F)c1)NC[C@H]1CCCC[C@@H]1CN1CCN(c2nsc3ccccc23)CC1. The predicted molar refractivity (Wildman–Crippen MR) is 147 cm³/mol. The fourth-order valence-electron chi connectivity index (χ4n) is 5.65. The molecule has 2 fully saturated rings. The number of benzene rings is 2. The van der Waals surface area contributed by atoms with E-state index in [1.165, 1.54) is 41.1 Å². The molecule has 9 heteroatoms. The van der Waals surface area contributed by atoms with E-state index < -0.39 is 11.7 Å². The molecule has 38 heavy (non-hydrogen) atoms. The number of nitrogens with zero attached hydrogens (tertiary/aromatic N) is 3. The van der Waals surface area contributed by atoms with Crippen molar-refractivity contribution < 1.29 is 18.0 Å². The van der Waals surface area contributed by atoms with Crippen molar-refractivity contribution >= 4 is 39.4 Å². The van der Waals surface area contributed by atoms with Crippen molar-refractivity contribution in [3.63, 3.8) is 0 Å². The highest BCUT2D eigenvalue weighted by molar-refractivity contribution is 7.13. The summed E-state index contributed by atoms with van der Waals surface area (Å²) < 4.78 is 44.7. The maximum atomic E-state index is 12.9. The number of fused-ring (bicyclic) bond motifs is 1. The number of alkyl halides is 3. The largest absolute Gasteiger partial charge is 0.416 e. The highest BCUT2D eigenvalue weighted by Gasteiger charge is 2.31. The van der Waals surface area contributed by atoms with Crippen LogP contribution in [0.4, 0.5) is 19.0 Å². The maximum absolute atomic E-state index is 12.9. The van der Waals surface area contributed by atoms with Gasteiger partial charge in [-0.25, -0.2) is 0 Å². The third kappa shape index (κ3) is 6.56. The predicted octanol–water partition coefficient (Wildman–Crippen LogP) is 6.07. The molecule has 0 bridgehead atoms.